The van der Waals surface area contributed by atoms with E-state index in [1.165, 1.54) is 5.56 Å². The minimum absolute atomic E-state index is 0.285. The number of piperidine rings is 1. The van der Waals surface area contributed by atoms with Crippen LogP contribution in [-0.2, 0) is 6.54 Å². The van der Waals surface area contributed by atoms with Crippen LogP contribution in [0.1, 0.15) is 18.4 Å². The standard InChI is InChI=1S/C32H34N6O/c1-2-6-24(7-3-1)20-36-32-18-25(22-39-27-11-10-26-21-33-23-37-31(26)19-27)13-16-38(32)17-15-35-30-12-14-34-29-9-5-4-8-28(29)30/h1-12,14,19,21,23,25,32,36H,13,15-18,20,22H2,(H,34,35). The fourth-order valence-corrected chi connectivity index (χ4v) is 5.39. The van der Waals surface area contributed by atoms with Crippen molar-refractivity contribution in [2.24, 2.45) is 5.92 Å². The number of rotatable bonds is 10. The van der Waals surface area contributed by atoms with Crippen LogP contribution in [0.25, 0.3) is 21.8 Å². The van der Waals surface area contributed by atoms with Crippen molar-refractivity contribution < 1.29 is 4.74 Å². The molecule has 1 aliphatic heterocycles. The van der Waals surface area contributed by atoms with Crippen LogP contribution in [0.3, 0.4) is 0 Å². The van der Waals surface area contributed by atoms with Crippen molar-refractivity contribution in [1.29, 1.82) is 0 Å². The summed E-state index contributed by atoms with van der Waals surface area (Å²) in [7, 11) is 0. The summed E-state index contributed by atoms with van der Waals surface area (Å²) in [5.74, 6) is 1.35. The van der Waals surface area contributed by atoms with E-state index in [0.29, 0.717) is 12.5 Å². The SMILES string of the molecule is c1ccc(CNC2CC(COc3ccc4cncnc4c3)CCN2CCNc2ccnc3ccccc23)cc1. The summed E-state index contributed by atoms with van der Waals surface area (Å²) in [6.07, 6.45) is 7.72. The van der Waals surface area contributed by atoms with Gasteiger partial charge in [-0.1, -0.05) is 48.5 Å². The fourth-order valence-electron chi connectivity index (χ4n) is 5.39. The van der Waals surface area contributed by atoms with Gasteiger partial charge >= 0.3 is 0 Å². The van der Waals surface area contributed by atoms with Crippen LogP contribution in [0, 0.1) is 5.92 Å². The Labute approximate surface area is 229 Å². The Morgan fingerprint density at radius 2 is 1.82 bits per heavy atom. The van der Waals surface area contributed by atoms with Crippen LogP contribution >= 0.6 is 0 Å². The molecule has 2 unspecified atom stereocenters. The summed E-state index contributed by atoms with van der Waals surface area (Å²) in [6, 6.07) is 27.0. The second kappa shape index (κ2) is 12.2. The molecule has 5 aromatic rings. The van der Waals surface area contributed by atoms with Crippen LogP contribution < -0.4 is 15.4 Å². The van der Waals surface area contributed by atoms with Crippen molar-refractivity contribution in [3.05, 3.63) is 103 Å². The number of nitrogens with one attached hydrogen (secondary N) is 2. The number of ether oxygens (including phenoxy) is 1. The van der Waals surface area contributed by atoms with Gasteiger partial charge in [-0.2, -0.15) is 0 Å². The van der Waals surface area contributed by atoms with Gasteiger partial charge < -0.3 is 10.1 Å². The summed E-state index contributed by atoms with van der Waals surface area (Å²) in [4.78, 5) is 15.5. The highest BCUT2D eigenvalue weighted by atomic mass is 16.5. The maximum absolute atomic E-state index is 6.25. The van der Waals surface area contributed by atoms with Crippen molar-refractivity contribution >= 4 is 27.5 Å². The lowest BCUT2D eigenvalue weighted by molar-refractivity contribution is 0.0701. The van der Waals surface area contributed by atoms with Gasteiger partial charge in [-0.25, -0.2) is 9.97 Å². The lowest BCUT2D eigenvalue weighted by Gasteiger charge is -2.40. The number of nitrogens with zero attached hydrogens (tertiary/aromatic N) is 4. The maximum atomic E-state index is 6.25. The minimum Gasteiger partial charge on any atom is -0.493 e. The molecule has 39 heavy (non-hydrogen) atoms. The number of hydrogen-bond donors (Lipinski definition) is 2. The number of aromatic nitrogens is 3. The third-order valence-corrected chi connectivity index (χ3v) is 7.53. The lowest BCUT2D eigenvalue weighted by Crippen LogP contribution is -2.52. The molecule has 6 rings (SSSR count). The summed E-state index contributed by atoms with van der Waals surface area (Å²) in [5.41, 5.74) is 4.37. The molecule has 3 aromatic carbocycles. The van der Waals surface area contributed by atoms with E-state index < -0.39 is 0 Å². The van der Waals surface area contributed by atoms with Gasteiger partial charge in [0.15, 0.2) is 0 Å². The van der Waals surface area contributed by atoms with Gasteiger partial charge in [-0.05, 0) is 48.6 Å². The molecule has 1 saturated heterocycles. The molecule has 0 amide bonds. The molecule has 2 atom stereocenters. The van der Waals surface area contributed by atoms with E-state index in [1.807, 2.05) is 36.7 Å². The zero-order valence-electron chi connectivity index (χ0n) is 22.0. The van der Waals surface area contributed by atoms with E-state index in [4.69, 9.17) is 4.74 Å². The van der Waals surface area contributed by atoms with E-state index in [0.717, 1.165) is 72.3 Å². The molecular formula is C32H34N6O. The van der Waals surface area contributed by atoms with E-state index in [2.05, 4.69) is 85.1 Å². The highest BCUT2D eigenvalue weighted by Crippen LogP contribution is 2.25. The Balaban J connectivity index is 1.08. The first-order chi connectivity index (χ1) is 19.3. The van der Waals surface area contributed by atoms with E-state index in [9.17, 15) is 0 Å². The number of benzene rings is 3. The normalized spacial score (nSPS) is 17.8. The molecule has 2 N–H and O–H groups in total. The molecule has 7 nitrogen and oxygen atoms in total. The zero-order valence-corrected chi connectivity index (χ0v) is 22.0. The molecule has 0 bridgehead atoms. The number of hydrogen-bond acceptors (Lipinski definition) is 7. The van der Waals surface area contributed by atoms with Crippen LogP contribution in [0.15, 0.2) is 97.6 Å². The molecule has 0 saturated carbocycles. The Morgan fingerprint density at radius 1 is 0.923 bits per heavy atom. The summed E-state index contributed by atoms with van der Waals surface area (Å²) >= 11 is 0. The second-order valence-corrected chi connectivity index (χ2v) is 10.2. The Hall–Kier alpha value is -4.07. The van der Waals surface area contributed by atoms with Gasteiger partial charge in [-0.15, -0.1) is 0 Å². The highest BCUT2D eigenvalue weighted by molar-refractivity contribution is 5.90. The number of likely N-dealkylation sites (tertiary alicyclic amines) is 1. The van der Waals surface area contributed by atoms with Gasteiger partial charge in [0.2, 0.25) is 0 Å². The van der Waals surface area contributed by atoms with Crippen LogP contribution in [0.2, 0.25) is 0 Å². The predicted octanol–water partition coefficient (Wildman–Crippen LogP) is 5.50. The Morgan fingerprint density at radius 3 is 2.77 bits per heavy atom. The van der Waals surface area contributed by atoms with Gasteiger partial charge in [0.05, 0.1) is 23.8 Å². The molecule has 0 spiro atoms. The number of anilines is 1. The molecule has 3 heterocycles. The van der Waals surface area contributed by atoms with E-state index in [-0.39, 0.29) is 6.17 Å². The molecule has 0 radical (unpaired) electrons. The molecule has 0 aliphatic carbocycles. The van der Waals surface area contributed by atoms with Crippen molar-refractivity contribution in [3.63, 3.8) is 0 Å². The third kappa shape index (κ3) is 6.33. The average Bonchev–Trinajstić information content (AvgIpc) is 3.00. The topological polar surface area (TPSA) is 75.2 Å². The van der Waals surface area contributed by atoms with Gasteiger partial charge in [0, 0.05) is 61.1 Å². The third-order valence-electron chi connectivity index (χ3n) is 7.53. The maximum Gasteiger partial charge on any atom is 0.121 e. The van der Waals surface area contributed by atoms with Crippen LogP contribution in [0.4, 0.5) is 5.69 Å². The van der Waals surface area contributed by atoms with E-state index >= 15 is 0 Å². The predicted molar refractivity (Wildman–Crippen MR) is 157 cm³/mol. The van der Waals surface area contributed by atoms with Crippen molar-refractivity contribution in [1.82, 2.24) is 25.2 Å². The van der Waals surface area contributed by atoms with Gasteiger partial charge in [-0.3, -0.25) is 15.2 Å². The smallest absolute Gasteiger partial charge is 0.121 e. The Kier molecular flexibility index (Phi) is 7.89. The number of para-hydroxylation sites is 1. The average molecular weight is 519 g/mol. The molecule has 198 valence electrons. The highest BCUT2D eigenvalue weighted by Gasteiger charge is 2.28. The molecule has 1 aliphatic rings. The van der Waals surface area contributed by atoms with Crippen LogP contribution in [-0.4, -0.2) is 52.3 Å². The Bertz CT molecular complexity index is 1510. The second-order valence-electron chi connectivity index (χ2n) is 10.2. The first kappa shape index (κ1) is 25.2. The molecular weight excluding hydrogens is 484 g/mol. The molecule has 2 aromatic heterocycles. The first-order valence-corrected chi connectivity index (χ1v) is 13.7. The monoisotopic (exact) mass is 518 g/mol. The largest absolute Gasteiger partial charge is 0.493 e. The van der Waals surface area contributed by atoms with Crippen molar-refractivity contribution in [2.45, 2.75) is 25.6 Å². The van der Waals surface area contributed by atoms with E-state index in [1.54, 1.807) is 6.33 Å². The zero-order chi connectivity index (χ0) is 26.3. The first-order valence-electron chi connectivity index (χ1n) is 13.7. The van der Waals surface area contributed by atoms with Gasteiger partial charge in [0.1, 0.15) is 12.1 Å². The molecule has 7 heteroatoms. The van der Waals surface area contributed by atoms with Crippen molar-refractivity contribution in [2.75, 3.05) is 31.6 Å². The molecule has 1 fully saturated rings. The minimum atomic E-state index is 0.285. The summed E-state index contributed by atoms with van der Waals surface area (Å²) in [6.45, 7) is 4.42. The summed E-state index contributed by atoms with van der Waals surface area (Å²) < 4.78 is 6.25. The quantitative estimate of drug-likeness (QED) is 0.253. The van der Waals surface area contributed by atoms with Crippen molar-refractivity contribution in [3.8, 4) is 5.75 Å². The van der Waals surface area contributed by atoms with Gasteiger partial charge in [0.25, 0.3) is 0 Å². The summed E-state index contributed by atoms with van der Waals surface area (Å²) in [5, 5.41) is 9.68. The number of pyridine rings is 1. The fraction of sp³-hybridized carbons (Fsp3) is 0.281. The number of fused-ring (bicyclic) bond motifs is 2. The lowest BCUT2D eigenvalue weighted by atomic mass is 9.94. The van der Waals surface area contributed by atoms with Crippen LogP contribution in [0.5, 0.6) is 5.75 Å².